The van der Waals surface area contributed by atoms with Gasteiger partial charge in [-0.2, -0.15) is 0 Å². The van der Waals surface area contributed by atoms with Crippen LogP contribution in [0.1, 0.15) is 41.8 Å². The number of benzene rings is 1. The SMILES string of the molecule is CCCNC(c1ccc(C)nc1)C1Cc2ccccc2C1. The molecular weight excluding hydrogens is 256 g/mol. The molecule has 0 saturated heterocycles. The Bertz CT molecular complexity index is 564. The van der Waals surface area contributed by atoms with E-state index in [0.29, 0.717) is 12.0 Å². The fourth-order valence-corrected chi connectivity index (χ4v) is 3.35. The van der Waals surface area contributed by atoms with E-state index in [9.17, 15) is 0 Å². The summed E-state index contributed by atoms with van der Waals surface area (Å²) in [6.45, 7) is 5.33. The Balaban J connectivity index is 1.82. The quantitative estimate of drug-likeness (QED) is 0.900. The molecule has 0 spiro atoms. The van der Waals surface area contributed by atoms with Crippen LogP contribution in [0.2, 0.25) is 0 Å². The van der Waals surface area contributed by atoms with Crippen molar-refractivity contribution in [1.29, 1.82) is 0 Å². The van der Waals surface area contributed by atoms with Gasteiger partial charge in [-0.1, -0.05) is 37.3 Å². The monoisotopic (exact) mass is 280 g/mol. The van der Waals surface area contributed by atoms with Gasteiger partial charge >= 0.3 is 0 Å². The number of nitrogens with zero attached hydrogens (tertiary/aromatic N) is 1. The lowest BCUT2D eigenvalue weighted by Gasteiger charge is -2.25. The van der Waals surface area contributed by atoms with Crippen molar-refractivity contribution in [3.8, 4) is 0 Å². The zero-order valence-corrected chi connectivity index (χ0v) is 13.0. The van der Waals surface area contributed by atoms with Crippen LogP contribution >= 0.6 is 0 Å². The highest BCUT2D eigenvalue weighted by Gasteiger charge is 2.29. The molecule has 21 heavy (non-hydrogen) atoms. The molecule has 0 aliphatic heterocycles. The maximum Gasteiger partial charge on any atom is 0.0372 e. The average Bonchev–Trinajstić information content (AvgIpc) is 2.93. The second-order valence-corrected chi connectivity index (χ2v) is 6.10. The molecule has 1 aromatic heterocycles. The van der Waals surface area contributed by atoms with E-state index in [0.717, 1.165) is 18.7 Å². The summed E-state index contributed by atoms with van der Waals surface area (Å²) in [5.41, 5.74) is 5.45. The largest absolute Gasteiger partial charge is 0.310 e. The minimum Gasteiger partial charge on any atom is -0.310 e. The fourth-order valence-electron chi connectivity index (χ4n) is 3.35. The van der Waals surface area contributed by atoms with Gasteiger partial charge in [-0.15, -0.1) is 0 Å². The van der Waals surface area contributed by atoms with Gasteiger partial charge in [-0.05, 0) is 61.4 Å². The van der Waals surface area contributed by atoms with Gasteiger partial charge in [0.2, 0.25) is 0 Å². The van der Waals surface area contributed by atoms with E-state index in [4.69, 9.17) is 0 Å². The third-order valence-corrected chi connectivity index (χ3v) is 4.46. The number of nitrogens with one attached hydrogen (secondary N) is 1. The molecular formula is C19H24N2. The maximum atomic E-state index is 4.49. The van der Waals surface area contributed by atoms with Crippen LogP contribution in [0.3, 0.4) is 0 Å². The van der Waals surface area contributed by atoms with Crippen LogP contribution < -0.4 is 5.32 Å². The lowest BCUT2D eigenvalue weighted by atomic mass is 9.91. The van der Waals surface area contributed by atoms with Crippen molar-refractivity contribution in [2.45, 2.75) is 39.2 Å². The number of pyridine rings is 1. The summed E-state index contributed by atoms with van der Waals surface area (Å²) in [6, 6.07) is 13.6. The van der Waals surface area contributed by atoms with Crippen LogP contribution in [-0.2, 0) is 12.8 Å². The first-order chi connectivity index (χ1) is 10.3. The van der Waals surface area contributed by atoms with E-state index in [1.807, 2.05) is 13.1 Å². The van der Waals surface area contributed by atoms with E-state index in [2.05, 4.69) is 53.6 Å². The highest BCUT2D eigenvalue weighted by atomic mass is 14.9. The maximum absolute atomic E-state index is 4.49. The molecule has 3 rings (SSSR count). The molecule has 0 amide bonds. The molecule has 0 bridgehead atoms. The van der Waals surface area contributed by atoms with Gasteiger partial charge < -0.3 is 5.32 Å². The average molecular weight is 280 g/mol. The Hall–Kier alpha value is -1.67. The van der Waals surface area contributed by atoms with E-state index >= 15 is 0 Å². The molecule has 1 N–H and O–H groups in total. The van der Waals surface area contributed by atoms with Gasteiger partial charge in [-0.3, -0.25) is 4.98 Å². The van der Waals surface area contributed by atoms with Crippen LogP contribution in [0.4, 0.5) is 0 Å². The first kappa shape index (κ1) is 14.3. The molecule has 110 valence electrons. The molecule has 1 atom stereocenters. The van der Waals surface area contributed by atoms with Crippen LogP contribution in [0.15, 0.2) is 42.6 Å². The number of hydrogen-bond donors (Lipinski definition) is 1. The highest BCUT2D eigenvalue weighted by molar-refractivity contribution is 5.34. The van der Waals surface area contributed by atoms with Gasteiger partial charge in [0.1, 0.15) is 0 Å². The van der Waals surface area contributed by atoms with Gasteiger partial charge in [0.05, 0.1) is 0 Å². The number of hydrogen-bond acceptors (Lipinski definition) is 2. The van der Waals surface area contributed by atoms with Gasteiger partial charge in [0, 0.05) is 17.9 Å². The third kappa shape index (κ3) is 3.16. The van der Waals surface area contributed by atoms with Gasteiger partial charge in [-0.25, -0.2) is 0 Å². The minimum absolute atomic E-state index is 0.408. The molecule has 1 aromatic carbocycles. The molecule has 2 nitrogen and oxygen atoms in total. The molecule has 1 heterocycles. The van der Waals surface area contributed by atoms with Crippen molar-refractivity contribution in [1.82, 2.24) is 10.3 Å². The number of rotatable bonds is 5. The summed E-state index contributed by atoms with van der Waals surface area (Å²) in [7, 11) is 0. The molecule has 1 unspecified atom stereocenters. The van der Waals surface area contributed by atoms with E-state index in [1.54, 1.807) is 0 Å². The summed E-state index contributed by atoms with van der Waals surface area (Å²) < 4.78 is 0. The summed E-state index contributed by atoms with van der Waals surface area (Å²) >= 11 is 0. The van der Waals surface area contributed by atoms with Crippen LogP contribution in [-0.4, -0.2) is 11.5 Å². The van der Waals surface area contributed by atoms with Crippen LogP contribution in [0.25, 0.3) is 0 Å². The van der Waals surface area contributed by atoms with Crippen LogP contribution in [0.5, 0.6) is 0 Å². The van der Waals surface area contributed by atoms with Crippen molar-refractivity contribution in [3.05, 3.63) is 65.0 Å². The summed E-state index contributed by atoms with van der Waals surface area (Å²) in [6.07, 6.45) is 5.55. The Morgan fingerprint density at radius 3 is 2.43 bits per heavy atom. The minimum atomic E-state index is 0.408. The topological polar surface area (TPSA) is 24.9 Å². The first-order valence-electron chi connectivity index (χ1n) is 8.00. The fraction of sp³-hybridized carbons (Fsp3) is 0.421. The van der Waals surface area contributed by atoms with E-state index in [-0.39, 0.29) is 0 Å². The molecule has 2 aromatic rings. The smallest absolute Gasteiger partial charge is 0.0372 e. The van der Waals surface area contributed by atoms with Crippen LogP contribution in [0, 0.1) is 12.8 Å². The summed E-state index contributed by atoms with van der Waals surface area (Å²) in [4.78, 5) is 4.49. The molecule has 0 fully saturated rings. The number of fused-ring (bicyclic) bond motifs is 1. The van der Waals surface area contributed by atoms with Crippen molar-refractivity contribution in [2.24, 2.45) is 5.92 Å². The van der Waals surface area contributed by atoms with Gasteiger partial charge in [0.25, 0.3) is 0 Å². The van der Waals surface area contributed by atoms with Crippen molar-refractivity contribution >= 4 is 0 Å². The predicted molar refractivity (Wildman–Crippen MR) is 87.3 cm³/mol. The molecule has 0 saturated carbocycles. The Morgan fingerprint density at radius 1 is 1.14 bits per heavy atom. The van der Waals surface area contributed by atoms with Gasteiger partial charge in [0.15, 0.2) is 0 Å². The lowest BCUT2D eigenvalue weighted by molar-refractivity contribution is 0.373. The molecule has 1 aliphatic carbocycles. The van der Waals surface area contributed by atoms with Crippen molar-refractivity contribution < 1.29 is 0 Å². The normalized spacial score (nSPS) is 15.9. The third-order valence-electron chi connectivity index (χ3n) is 4.46. The zero-order valence-electron chi connectivity index (χ0n) is 13.0. The number of aryl methyl sites for hydroxylation is 1. The summed E-state index contributed by atoms with van der Waals surface area (Å²) in [5, 5.41) is 3.74. The first-order valence-corrected chi connectivity index (χ1v) is 8.00. The molecule has 1 aliphatic rings. The lowest BCUT2D eigenvalue weighted by Crippen LogP contribution is -2.29. The van der Waals surface area contributed by atoms with E-state index < -0.39 is 0 Å². The Morgan fingerprint density at radius 2 is 1.86 bits per heavy atom. The zero-order chi connectivity index (χ0) is 14.7. The summed E-state index contributed by atoms with van der Waals surface area (Å²) in [5.74, 6) is 0.637. The molecule has 2 heteroatoms. The Labute approximate surface area is 127 Å². The predicted octanol–water partition coefficient (Wildman–Crippen LogP) is 3.85. The second kappa shape index (κ2) is 6.40. The van der Waals surface area contributed by atoms with Crippen molar-refractivity contribution in [2.75, 3.05) is 6.54 Å². The van der Waals surface area contributed by atoms with E-state index in [1.165, 1.54) is 29.5 Å². The number of aromatic nitrogens is 1. The highest BCUT2D eigenvalue weighted by Crippen LogP contribution is 2.35. The van der Waals surface area contributed by atoms with Crippen molar-refractivity contribution in [3.63, 3.8) is 0 Å². The molecule has 0 radical (unpaired) electrons. The Kier molecular flexibility index (Phi) is 4.35. The standard InChI is InChI=1S/C19H24N2/c1-3-10-20-19(17-9-8-14(2)21-13-17)18-11-15-6-4-5-7-16(15)12-18/h4-9,13,18-20H,3,10-12H2,1-2H3. The second-order valence-electron chi connectivity index (χ2n) is 6.10.